The number of nitrogens with one attached hydrogen (secondary N) is 1. The lowest BCUT2D eigenvalue weighted by Crippen LogP contribution is -2.32. The van der Waals surface area contributed by atoms with Crippen molar-refractivity contribution < 1.29 is 4.84 Å². The molecule has 1 aromatic carbocycles. The molecule has 0 saturated carbocycles. The highest BCUT2D eigenvalue weighted by Gasteiger charge is 2.38. The number of hydrogen-bond donors (Lipinski definition) is 1. The minimum Gasteiger partial charge on any atom is -0.301 e. The van der Waals surface area contributed by atoms with Crippen molar-refractivity contribution in [2.75, 3.05) is 6.61 Å². The number of fused-ring (bicyclic) bond motifs is 1. The molecule has 2 rings (SSSR count). The maximum absolute atomic E-state index is 5.62. The Hall–Kier alpha value is -0.860. The van der Waals surface area contributed by atoms with Crippen molar-refractivity contribution in [2.45, 2.75) is 40.2 Å². The zero-order valence-electron chi connectivity index (χ0n) is 11.3. The fourth-order valence-electron chi connectivity index (χ4n) is 2.51. The summed E-state index contributed by atoms with van der Waals surface area (Å²) in [5, 5.41) is 0. The van der Waals surface area contributed by atoms with Crippen LogP contribution in [0.15, 0.2) is 24.3 Å². The summed E-state index contributed by atoms with van der Waals surface area (Å²) in [5.41, 5.74) is 6.32. The Morgan fingerprint density at radius 3 is 2.76 bits per heavy atom. The third-order valence-electron chi connectivity index (χ3n) is 3.41. The van der Waals surface area contributed by atoms with Gasteiger partial charge in [-0.15, -0.1) is 0 Å². The first kappa shape index (κ1) is 12.6. The van der Waals surface area contributed by atoms with Gasteiger partial charge in [0, 0.05) is 0 Å². The smallest absolute Gasteiger partial charge is 0.0705 e. The molecule has 0 saturated heterocycles. The molecular weight excluding hydrogens is 210 g/mol. The molecule has 0 spiro atoms. The lowest BCUT2D eigenvalue weighted by Gasteiger charge is -2.28. The molecule has 17 heavy (non-hydrogen) atoms. The largest absolute Gasteiger partial charge is 0.301 e. The molecule has 1 N–H and O–H groups in total. The van der Waals surface area contributed by atoms with Gasteiger partial charge in [0.1, 0.15) is 0 Å². The molecule has 1 aliphatic carbocycles. The molecule has 2 nitrogen and oxygen atoms in total. The van der Waals surface area contributed by atoms with E-state index in [1.807, 2.05) is 0 Å². The van der Waals surface area contributed by atoms with E-state index < -0.39 is 0 Å². The lowest BCUT2D eigenvalue weighted by atomic mass is 9.86. The van der Waals surface area contributed by atoms with E-state index in [9.17, 15) is 0 Å². The van der Waals surface area contributed by atoms with Crippen molar-refractivity contribution in [1.82, 2.24) is 5.48 Å². The molecule has 0 aromatic heterocycles. The van der Waals surface area contributed by atoms with Crippen LogP contribution in [-0.4, -0.2) is 6.61 Å². The first-order valence-corrected chi connectivity index (χ1v) is 6.46. The van der Waals surface area contributed by atoms with Gasteiger partial charge in [-0.25, -0.2) is 0 Å². The molecule has 0 amide bonds. The van der Waals surface area contributed by atoms with Gasteiger partial charge in [0.2, 0.25) is 0 Å². The van der Waals surface area contributed by atoms with Crippen LogP contribution < -0.4 is 5.48 Å². The lowest BCUT2D eigenvalue weighted by molar-refractivity contribution is -0.0237. The summed E-state index contributed by atoms with van der Waals surface area (Å²) in [6.07, 6.45) is 1.12. The standard InChI is InChI=1S/C15H23NO/c1-11(2)10-17-16-14-13-8-6-5-7-12(13)9-15(14,3)4/h5-8,11,14,16H,9-10H2,1-4H3. The van der Waals surface area contributed by atoms with Crippen molar-refractivity contribution in [1.29, 1.82) is 0 Å². The highest BCUT2D eigenvalue weighted by molar-refractivity contribution is 5.37. The summed E-state index contributed by atoms with van der Waals surface area (Å²) in [6, 6.07) is 8.96. The van der Waals surface area contributed by atoms with Gasteiger partial charge >= 0.3 is 0 Å². The Balaban J connectivity index is 2.09. The Morgan fingerprint density at radius 1 is 1.35 bits per heavy atom. The van der Waals surface area contributed by atoms with Crippen LogP contribution in [0.25, 0.3) is 0 Å². The molecule has 1 aliphatic rings. The van der Waals surface area contributed by atoms with Crippen LogP contribution in [0, 0.1) is 11.3 Å². The zero-order chi connectivity index (χ0) is 12.5. The highest BCUT2D eigenvalue weighted by atomic mass is 16.6. The molecule has 0 aliphatic heterocycles. The maximum Gasteiger partial charge on any atom is 0.0705 e. The predicted octanol–water partition coefficient (Wildman–Crippen LogP) is 3.49. The molecule has 2 heteroatoms. The molecule has 0 fully saturated rings. The normalized spacial score (nSPS) is 21.8. The van der Waals surface area contributed by atoms with Crippen molar-refractivity contribution >= 4 is 0 Å². The minimum atomic E-state index is 0.223. The van der Waals surface area contributed by atoms with Crippen LogP contribution in [0.2, 0.25) is 0 Å². The van der Waals surface area contributed by atoms with Crippen molar-refractivity contribution in [2.24, 2.45) is 11.3 Å². The van der Waals surface area contributed by atoms with Crippen molar-refractivity contribution in [3.63, 3.8) is 0 Å². The topological polar surface area (TPSA) is 21.3 Å². The molecular formula is C15H23NO. The first-order valence-electron chi connectivity index (χ1n) is 6.46. The summed E-state index contributed by atoms with van der Waals surface area (Å²) < 4.78 is 0. The van der Waals surface area contributed by atoms with Crippen LogP contribution in [0.4, 0.5) is 0 Å². The molecule has 0 heterocycles. The van der Waals surface area contributed by atoms with Gasteiger partial charge in [-0.2, -0.15) is 5.48 Å². The van der Waals surface area contributed by atoms with Crippen molar-refractivity contribution in [3.8, 4) is 0 Å². The second kappa shape index (κ2) is 4.79. The fourth-order valence-corrected chi connectivity index (χ4v) is 2.51. The molecule has 1 atom stereocenters. The van der Waals surface area contributed by atoms with Gasteiger partial charge in [0.25, 0.3) is 0 Å². The van der Waals surface area contributed by atoms with Crippen LogP contribution >= 0.6 is 0 Å². The van der Waals surface area contributed by atoms with Gasteiger partial charge in [0.05, 0.1) is 12.6 Å². The van der Waals surface area contributed by atoms with Gasteiger partial charge in [-0.3, -0.25) is 0 Å². The van der Waals surface area contributed by atoms with E-state index in [4.69, 9.17) is 4.84 Å². The van der Waals surface area contributed by atoms with E-state index in [0.717, 1.165) is 13.0 Å². The SMILES string of the molecule is CC(C)CONC1c2ccccc2CC1(C)C. The molecule has 0 radical (unpaired) electrons. The number of rotatable bonds is 4. The molecule has 1 aromatic rings. The van der Waals surface area contributed by atoms with E-state index in [0.29, 0.717) is 12.0 Å². The van der Waals surface area contributed by atoms with Crippen LogP contribution in [-0.2, 0) is 11.3 Å². The Labute approximate surface area is 104 Å². The predicted molar refractivity (Wildman–Crippen MR) is 70.6 cm³/mol. The average molecular weight is 233 g/mol. The quantitative estimate of drug-likeness (QED) is 0.804. The van der Waals surface area contributed by atoms with Gasteiger partial charge in [-0.05, 0) is 28.9 Å². The zero-order valence-corrected chi connectivity index (χ0v) is 11.3. The Morgan fingerprint density at radius 2 is 2.06 bits per heavy atom. The van der Waals surface area contributed by atoms with E-state index in [2.05, 4.69) is 57.4 Å². The van der Waals surface area contributed by atoms with Gasteiger partial charge in [-0.1, -0.05) is 52.0 Å². The second-order valence-electron chi connectivity index (χ2n) is 6.12. The third-order valence-corrected chi connectivity index (χ3v) is 3.41. The summed E-state index contributed by atoms with van der Waals surface area (Å²) >= 11 is 0. The summed E-state index contributed by atoms with van der Waals surface area (Å²) in [6.45, 7) is 9.67. The average Bonchev–Trinajstić information content (AvgIpc) is 2.49. The number of benzene rings is 1. The van der Waals surface area contributed by atoms with Crippen LogP contribution in [0.5, 0.6) is 0 Å². The van der Waals surface area contributed by atoms with E-state index in [-0.39, 0.29) is 5.41 Å². The van der Waals surface area contributed by atoms with Gasteiger partial charge < -0.3 is 4.84 Å². The fraction of sp³-hybridized carbons (Fsp3) is 0.600. The second-order valence-corrected chi connectivity index (χ2v) is 6.12. The van der Waals surface area contributed by atoms with Crippen LogP contribution in [0.1, 0.15) is 44.9 Å². The van der Waals surface area contributed by atoms with Crippen LogP contribution in [0.3, 0.4) is 0 Å². The maximum atomic E-state index is 5.62. The number of hydrogen-bond acceptors (Lipinski definition) is 2. The van der Waals surface area contributed by atoms with E-state index in [1.165, 1.54) is 11.1 Å². The summed E-state index contributed by atoms with van der Waals surface area (Å²) in [7, 11) is 0. The third kappa shape index (κ3) is 2.70. The van der Waals surface area contributed by atoms with Gasteiger partial charge in [0.15, 0.2) is 0 Å². The molecule has 94 valence electrons. The van der Waals surface area contributed by atoms with E-state index >= 15 is 0 Å². The summed E-state index contributed by atoms with van der Waals surface area (Å²) in [5.74, 6) is 0.558. The minimum absolute atomic E-state index is 0.223. The van der Waals surface area contributed by atoms with Crippen molar-refractivity contribution in [3.05, 3.63) is 35.4 Å². The Kier molecular flexibility index (Phi) is 3.55. The number of hydroxylamine groups is 1. The van der Waals surface area contributed by atoms with E-state index in [1.54, 1.807) is 0 Å². The summed E-state index contributed by atoms with van der Waals surface area (Å²) in [4.78, 5) is 5.62. The molecule has 1 unspecified atom stereocenters. The monoisotopic (exact) mass is 233 g/mol. The molecule has 0 bridgehead atoms. The first-order chi connectivity index (χ1) is 8.00. The Bertz CT molecular complexity index is 384. The highest BCUT2D eigenvalue weighted by Crippen LogP contribution is 2.44.